The lowest BCUT2D eigenvalue weighted by atomic mass is 9.97. The van der Waals surface area contributed by atoms with Crippen molar-refractivity contribution in [3.8, 4) is 11.5 Å². The van der Waals surface area contributed by atoms with Gasteiger partial charge >= 0.3 is 5.69 Å². The number of nitrogens with zero attached hydrogens (tertiary/aromatic N) is 2. The Balaban J connectivity index is 2.30. The Kier molecular flexibility index (Phi) is 4.13. The fourth-order valence-corrected chi connectivity index (χ4v) is 2.77. The summed E-state index contributed by atoms with van der Waals surface area (Å²) in [7, 11) is 3.08. The fraction of sp³-hybridized carbons (Fsp3) is 0.105. The van der Waals surface area contributed by atoms with E-state index in [1.165, 1.54) is 7.11 Å². The summed E-state index contributed by atoms with van der Waals surface area (Å²) < 4.78 is 10.9. The van der Waals surface area contributed by atoms with Crippen molar-refractivity contribution >= 4 is 22.2 Å². The van der Waals surface area contributed by atoms with Gasteiger partial charge in [0.2, 0.25) is 11.2 Å². The summed E-state index contributed by atoms with van der Waals surface area (Å²) in [5.74, 6) is 0.738. The van der Waals surface area contributed by atoms with Crippen molar-refractivity contribution in [1.29, 1.82) is 5.39 Å². The zero-order chi connectivity index (χ0) is 17.1. The number of diazo groups is 1. The predicted octanol–water partition coefficient (Wildman–Crippen LogP) is 4.57. The molecule has 0 fully saturated rings. The Hall–Kier alpha value is -3.39. The highest BCUT2D eigenvalue weighted by Crippen LogP contribution is 2.38. The normalized spacial score (nSPS) is 10.2. The molecule has 24 heavy (non-hydrogen) atoms. The Morgan fingerprint density at radius 1 is 0.917 bits per heavy atom. The van der Waals surface area contributed by atoms with E-state index in [0.717, 1.165) is 10.8 Å². The number of ketones is 1. The average molecular weight is 319 g/mol. The quantitative estimate of drug-likeness (QED) is 0.522. The van der Waals surface area contributed by atoms with Gasteiger partial charge in [-0.2, -0.15) is 0 Å². The summed E-state index contributed by atoms with van der Waals surface area (Å²) in [4.78, 5) is 16.2. The highest BCUT2D eigenvalue weighted by molar-refractivity contribution is 6.17. The Bertz CT molecular complexity index is 974. The first kappa shape index (κ1) is 15.5. The number of methoxy groups -OCH3 is 2. The van der Waals surface area contributed by atoms with Gasteiger partial charge in [0.05, 0.1) is 19.8 Å². The molecule has 0 aliphatic heterocycles. The molecule has 0 radical (unpaired) electrons. The summed E-state index contributed by atoms with van der Waals surface area (Å²) >= 11 is 0. The van der Waals surface area contributed by atoms with Crippen LogP contribution in [0.25, 0.3) is 15.7 Å². The van der Waals surface area contributed by atoms with E-state index in [1.54, 1.807) is 37.4 Å². The highest BCUT2D eigenvalue weighted by atomic mass is 16.5. The molecule has 0 bridgehead atoms. The number of fused-ring (bicyclic) bond motifs is 1. The first-order chi connectivity index (χ1) is 11.7. The Morgan fingerprint density at radius 3 is 2.25 bits per heavy atom. The Morgan fingerprint density at radius 2 is 1.58 bits per heavy atom. The highest BCUT2D eigenvalue weighted by Gasteiger charge is 2.25. The van der Waals surface area contributed by atoms with E-state index in [9.17, 15) is 4.79 Å². The number of ether oxygens (including phenoxy) is 2. The molecule has 118 valence electrons. The molecule has 0 aromatic heterocycles. The van der Waals surface area contributed by atoms with Crippen LogP contribution in [0, 0.1) is 5.39 Å². The standard InChI is InChI=1S/C19H15N2O3/c1-23-17-11-15(18(22)14-9-5-6-10-16(14)21-20)19(24-2)13-8-4-3-7-12(13)17/h3-11H,1-2H3/q+1. The SMILES string of the molecule is COc1cc(C(=O)c2ccccc2[N+]#N)c(OC)c2ccccc12. The van der Waals surface area contributed by atoms with E-state index in [2.05, 4.69) is 4.98 Å². The molecule has 0 N–H and O–H groups in total. The first-order valence-electron chi connectivity index (χ1n) is 7.33. The molecule has 3 aromatic carbocycles. The number of benzene rings is 3. The summed E-state index contributed by atoms with van der Waals surface area (Å²) in [6.07, 6.45) is 0. The third kappa shape index (κ3) is 2.44. The molecule has 0 aliphatic rings. The van der Waals surface area contributed by atoms with Crippen molar-refractivity contribution in [2.24, 2.45) is 0 Å². The molecular weight excluding hydrogens is 304 g/mol. The number of carbonyl (C=O) groups excluding carboxylic acids is 1. The molecule has 0 atom stereocenters. The van der Waals surface area contributed by atoms with Gasteiger partial charge in [0, 0.05) is 16.8 Å². The zero-order valence-corrected chi connectivity index (χ0v) is 13.3. The molecule has 0 saturated heterocycles. The lowest BCUT2D eigenvalue weighted by Gasteiger charge is -2.14. The van der Waals surface area contributed by atoms with Crippen LogP contribution in [0.3, 0.4) is 0 Å². The van der Waals surface area contributed by atoms with E-state index in [-0.39, 0.29) is 17.0 Å². The van der Waals surface area contributed by atoms with Crippen LogP contribution in [0.5, 0.6) is 11.5 Å². The van der Waals surface area contributed by atoms with Crippen molar-refractivity contribution in [2.45, 2.75) is 0 Å². The summed E-state index contributed by atoms with van der Waals surface area (Å²) in [6, 6.07) is 15.8. The number of hydrogen-bond donors (Lipinski definition) is 0. The second kappa shape index (κ2) is 6.39. The molecule has 0 aliphatic carbocycles. The third-order valence-corrected chi connectivity index (χ3v) is 3.88. The summed E-state index contributed by atoms with van der Waals surface area (Å²) in [5, 5.41) is 10.8. The minimum Gasteiger partial charge on any atom is -0.496 e. The molecule has 0 saturated carbocycles. The van der Waals surface area contributed by atoms with Gasteiger partial charge in [-0.3, -0.25) is 4.79 Å². The topological polar surface area (TPSA) is 63.7 Å². The van der Waals surface area contributed by atoms with Crippen LogP contribution in [0.2, 0.25) is 0 Å². The summed E-state index contributed by atoms with van der Waals surface area (Å²) in [5.41, 5.74) is 0.844. The molecule has 3 aromatic rings. The number of rotatable bonds is 4. The molecule has 3 rings (SSSR count). The first-order valence-corrected chi connectivity index (χ1v) is 7.33. The maximum atomic E-state index is 13.0. The van der Waals surface area contributed by atoms with Crippen molar-refractivity contribution in [3.05, 3.63) is 70.7 Å². The van der Waals surface area contributed by atoms with Crippen molar-refractivity contribution in [2.75, 3.05) is 14.2 Å². The monoisotopic (exact) mass is 319 g/mol. The van der Waals surface area contributed by atoms with Gasteiger partial charge in [0.15, 0.2) is 4.98 Å². The van der Waals surface area contributed by atoms with Crippen LogP contribution in [-0.4, -0.2) is 20.0 Å². The molecular formula is C19H15N2O3+. The van der Waals surface area contributed by atoms with E-state index in [0.29, 0.717) is 17.1 Å². The molecule has 0 heterocycles. The van der Waals surface area contributed by atoms with Crippen LogP contribution >= 0.6 is 0 Å². The second-order valence-corrected chi connectivity index (χ2v) is 5.15. The van der Waals surface area contributed by atoms with Crippen LogP contribution < -0.4 is 9.47 Å². The van der Waals surface area contributed by atoms with E-state index in [4.69, 9.17) is 14.9 Å². The molecule has 5 heteroatoms. The minimum absolute atomic E-state index is 0.205. The summed E-state index contributed by atoms with van der Waals surface area (Å²) in [6.45, 7) is 0. The fourth-order valence-electron chi connectivity index (χ4n) is 2.77. The van der Waals surface area contributed by atoms with Crippen LogP contribution in [0.1, 0.15) is 15.9 Å². The second-order valence-electron chi connectivity index (χ2n) is 5.15. The molecule has 0 amide bonds. The predicted molar refractivity (Wildman–Crippen MR) is 91.7 cm³/mol. The Labute approximate surface area is 139 Å². The van der Waals surface area contributed by atoms with Gasteiger partial charge in [-0.15, -0.1) is 0 Å². The van der Waals surface area contributed by atoms with Gasteiger partial charge < -0.3 is 9.47 Å². The van der Waals surface area contributed by atoms with Gasteiger partial charge in [-0.1, -0.05) is 36.4 Å². The maximum absolute atomic E-state index is 13.0. The lowest BCUT2D eigenvalue weighted by molar-refractivity contribution is 0.103. The van der Waals surface area contributed by atoms with Gasteiger partial charge in [0.1, 0.15) is 17.1 Å². The van der Waals surface area contributed by atoms with Crippen LogP contribution in [0.4, 0.5) is 5.69 Å². The van der Waals surface area contributed by atoms with Gasteiger partial charge in [-0.25, -0.2) is 0 Å². The van der Waals surface area contributed by atoms with Crippen LogP contribution in [-0.2, 0) is 0 Å². The molecule has 5 nitrogen and oxygen atoms in total. The maximum Gasteiger partial charge on any atom is 0.396 e. The van der Waals surface area contributed by atoms with Crippen molar-refractivity contribution in [3.63, 3.8) is 0 Å². The number of carbonyl (C=O) groups is 1. The number of hydrogen-bond acceptors (Lipinski definition) is 4. The van der Waals surface area contributed by atoms with Gasteiger partial charge in [-0.05, 0) is 12.1 Å². The smallest absolute Gasteiger partial charge is 0.396 e. The van der Waals surface area contributed by atoms with Crippen molar-refractivity contribution in [1.82, 2.24) is 0 Å². The largest absolute Gasteiger partial charge is 0.496 e. The van der Waals surface area contributed by atoms with Crippen LogP contribution in [0.15, 0.2) is 54.6 Å². The minimum atomic E-state index is -0.302. The van der Waals surface area contributed by atoms with Gasteiger partial charge in [0.25, 0.3) is 0 Å². The third-order valence-electron chi connectivity index (χ3n) is 3.88. The zero-order valence-electron chi connectivity index (χ0n) is 13.3. The lowest BCUT2D eigenvalue weighted by Crippen LogP contribution is -2.05. The van der Waals surface area contributed by atoms with Crippen molar-refractivity contribution < 1.29 is 14.3 Å². The molecule has 0 spiro atoms. The van der Waals surface area contributed by atoms with E-state index in [1.807, 2.05) is 24.3 Å². The molecule has 0 unspecified atom stereocenters. The van der Waals surface area contributed by atoms with E-state index < -0.39 is 0 Å². The van der Waals surface area contributed by atoms with E-state index >= 15 is 0 Å². The average Bonchev–Trinajstić information content (AvgIpc) is 2.65.